The minimum absolute atomic E-state index is 0.0185. The van der Waals surface area contributed by atoms with Gasteiger partial charge in [-0.05, 0) is 65.5 Å². The number of pyridine rings is 1. The number of rotatable bonds is 7. The summed E-state index contributed by atoms with van der Waals surface area (Å²) in [6.07, 6.45) is -1.47. The maximum absolute atomic E-state index is 13.5. The number of anilines is 3. The highest BCUT2D eigenvalue weighted by Gasteiger charge is 2.35. The highest BCUT2D eigenvalue weighted by molar-refractivity contribution is 9.11. The molecule has 2 aromatic carbocycles. The van der Waals surface area contributed by atoms with Gasteiger partial charge in [-0.25, -0.2) is 4.98 Å². The van der Waals surface area contributed by atoms with Crippen LogP contribution < -0.4 is 11.1 Å². The molecule has 1 heterocycles. The van der Waals surface area contributed by atoms with Crippen molar-refractivity contribution in [1.29, 1.82) is 5.26 Å². The molecule has 0 aliphatic carbocycles. The molecule has 3 aromatic rings. The van der Waals surface area contributed by atoms with Crippen molar-refractivity contribution in [3.63, 3.8) is 0 Å². The molecule has 1 aromatic heterocycles. The smallest absolute Gasteiger partial charge is 0.382 e. The van der Waals surface area contributed by atoms with Gasteiger partial charge < -0.3 is 11.1 Å². The van der Waals surface area contributed by atoms with Gasteiger partial charge >= 0.3 is 6.18 Å². The van der Waals surface area contributed by atoms with Gasteiger partial charge in [0.2, 0.25) is 0 Å². The van der Waals surface area contributed by atoms with Crippen molar-refractivity contribution in [2.45, 2.75) is 39.3 Å². The van der Waals surface area contributed by atoms with Crippen molar-refractivity contribution in [2.75, 3.05) is 11.1 Å². The van der Waals surface area contributed by atoms with Crippen LogP contribution in [0.4, 0.5) is 41.9 Å². The first-order valence-corrected chi connectivity index (χ1v) is 12.2. The van der Waals surface area contributed by atoms with Gasteiger partial charge in [0.05, 0.1) is 11.1 Å². The zero-order chi connectivity index (χ0) is 25.8. The minimum atomic E-state index is -4.66. The van der Waals surface area contributed by atoms with E-state index in [4.69, 9.17) is 5.73 Å². The van der Waals surface area contributed by atoms with Crippen LogP contribution >= 0.6 is 31.9 Å². The van der Waals surface area contributed by atoms with Gasteiger partial charge in [0.15, 0.2) is 11.6 Å². The summed E-state index contributed by atoms with van der Waals surface area (Å²) < 4.78 is 40.9. The SMILES string of the molecule is CCCCc1ccc(Nc2nc(N)c(N=Nc3c(Br)cc(Br)cc3C(F)(F)F)c(C)c2C#N)cc1. The largest absolute Gasteiger partial charge is 0.418 e. The van der Waals surface area contributed by atoms with E-state index >= 15 is 0 Å². The lowest BCUT2D eigenvalue weighted by Gasteiger charge is -2.14. The first-order chi connectivity index (χ1) is 16.5. The number of alkyl halides is 3. The predicted octanol–water partition coefficient (Wildman–Crippen LogP) is 8.89. The lowest BCUT2D eigenvalue weighted by molar-refractivity contribution is -0.137. The average molecular weight is 610 g/mol. The predicted molar refractivity (Wildman–Crippen MR) is 137 cm³/mol. The topological polar surface area (TPSA) is 99.4 Å². The number of hydrogen-bond acceptors (Lipinski definition) is 6. The van der Waals surface area contributed by atoms with Crippen molar-refractivity contribution >= 4 is 60.6 Å². The number of nitrogens with two attached hydrogens (primary N) is 1. The van der Waals surface area contributed by atoms with Crippen LogP contribution in [0.1, 0.15) is 42.0 Å². The molecule has 0 radical (unpaired) electrons. The Morgan fingerprint density at radius 1 is 1.11 bits per heavy atom. The van der Waals surface area contributed by atoms with Crippen molar-refractivity contribution in [3.05, 3.63) is 67.6 Å². The molecule has 0 fully saturated rings. The molecule has 0 aliphatic rings. The number of aryl methyl sites for hydroxylation is 1. The number of aromatic nitrogens is 1. The number of nitrogen functional groups attached to an aromatic ring is 1. The molecule has 0 spiro atoms. The van der Waals surface area contributed by atoms with E-state index in [1.54, 1.807) is 6.92 Å². The Morgan fingerprint density at radius 3 is 2.37 bits per heavy atom. The second-order valence-electron chi connectivity index (χ2n) is 7.71. The van der Waals surface area contributed by atoms with E-state index in [0.29, 0.717) is 5.56 Å². The standard InChI is InChI=1S/C24H21Br2F3N6/c1-3-4-5-14-6-8-16(9-7-14)32-23-17(12-30)13(2)20(22(31)33-23)34-35-21-18(24(27,28)29)10-15(25)11-19(21)26/h6-11H,3-5H2,1-2H3,(H3,31,32,33). The van der Waals surface area contributed by atoms with Gasteiger partial charge in [-0.1, -0.05) is 41.4 Å². The molecule has 0 bridgehead atoms. The van der Waals surface area contributed by atoms with Crippen molar-refractivity contribution < 1.29 is 13.2 Å². The van der Waals surface area contributed by atoms with Crippen LogP contribution in [0.15, 0.2) is 55.6 Å². The van der Waals surface area contributed by atoms with Gasteiger partial charge in [0.25, 0.3) is 0 Å². The molecular weight excluding hydrogens is 589 g/mol. The minimum Gasteiger partial charge on any atom is -0.382 e. The molecule has 182 valence electrons. The van der Waals surface area contributed by atoms with Crippen LogP contribution in [0.5, 0.6) is 0 Å². The zero-order valence-electron chi connectivity index (χ0n) is 18.8. The van der Waals surface area contributed by atoms with E-state index in [1.807, 2.05) is 24.3 Å². The quantitative estimate of drug-likeness (QED) is 0.261. The highest BCUT2D eigenvalue weighted by Crippen LogP contribution is 2.43. The van der Waals surface area contributed by atoms with Crippen molar-refractivity contribution in [1.82, 2.24) is 4.98 Å². The first kappa shape index (κ1) is 26.6. The first-order valence-electron chi connectivity index (χ1n) is 10.6. The van der Waals surface area contributed by atoms with Crippen LogP contribution in [0, 0.1) is 18.3 Å². The van der Waals surface area contributed by atoms with Crippen LogP contribution in [0.3, 0.4) is 0 Å². The second-order valence-corrected chi connectivity index (χ2v) is 9.48. The van der Waals surface area contributed by atoms with E-state index in [-0.39, 0.29) is 31.8 Å². The molecule has 35 heavy (non-hydrogen) atoms. The molecular formula is C24H21Br2F3N6. The normalized spacial score (nSPS) is 11.6. The summed E-state index contributed by atoms with van der Waals surface area (Å²) in [5, 5.41) is 20.6. The van der Waals surface area contributed by atoms with E-state index in [0.717, 1.165) is 31.0 Å². The number of halogens is 5. The number of hydrogen-bond donors (Lipinski definition) is 2. The summed E-state index contributed by atoms with van der Waals surface area (Å²) in [6, 6.07) is 12.2. The van der Waals surface area contributed by atoms with Crippen LogP contribution in [0.25, 0.3) is 0 Å². The number of benzene rings is 2. The van der Waals surface area contributed by atoms with Gasteiger partial charge in [-0.2, -0.15) is 18.4 Å². The molecule has 6 nitrogen and oxygen atoms in total. The number of nitriles is 1. The molecule has 0 atom stereocenters. The summed E-state index contributed by atoms with van der Waals surface area (Å²) in [5.74, 6) is 0.151. The fourth-order valence-corrected chi connectivity index (χ4v) is 4.63. The summed E-state index contributed by atoms with van der Waals surface area (Å²) in [7, 11) is 0. The number of nitrogens with one attached hydrogen (secondary N) is 1. The Kier molecular flexibility index (Phi) is 8.51. The molecule has 0 amide bonds. The van der Waals surface area contributed by atoms with Crippen molar-refractivity contribution in [2.24, 2.45) is 10.2 Å². The third-order valence-corrected chi connectivity index (χ3v) is 6.24. The lowest BCUT2D eigenvalue weighted by Crippen LogP contribution is -2.05. The number of nitrogens with zero attached hydrogens (tertiary/aromatic N) is 4. The third-order valence-electron chi connectivity index (χ3n) is 5.17. The Morgan fingerprint density at radius 2 is 1.77 bits per heavy atom. The van der Waals surface area contributed by atoms with Crippen LogP contribution in [-0.4, -0.2) is 4.98 Å². The third kappa shape index (κ3) is 6.38. The maximum Gasteiger partial charge on any atom is 0.418 e. The summed E-state index contributed by atoms with van der Waals surface area (Å²) in [4.78, 5) is 4.24. The fourth-order valence-electron chi connectivity index (χ4n) is 3.33. The molecule has 0 aliphatic heterocycles. The van der Waals surface area contributed by atoms with E-state index < -0.39 is 17.4 Å². The Balaban J connectivity index is 1.97. The molecule has 3 N–H and O–H groups in total. The maximum atomic E-state index is 13.5. The lowest BCUT2D eigenvalue weighted by atomic mass is 10.1. The summed E-state index contributed by atoms with van der Waals surface area (Å²) in [5.41, 5.74) is 7.12. The Bertz CT molecular complexity index is 1300. The highest BCUT2D eigenvalue weighted by atomic mass is 79.9. The van der Waals surface area contributed by atoms with E-state index in [2.05, 4.69) is 65.4 Å². The average Bonchev–Trinajstić information content (AvgIpc) is 2.78. The Hall–Kier alpha value is -2.97. The monoisotopic (exact) mass is 608 g/mol. The van der Waals surface area contributed by atoms with Crippen LogP contribution in [-0.2, 0) is 12.6 Å². The number of azo groups is 1. The van der Waals surface area contributed by atoms with Gasteiger partial charge in [-0.15, -0.1) is 10.2 Å². The fraction of sp³-hybridized carbons (Fsp3) is 0.250. The second kappa shape index (κ2) is 11.2. The summed E-state index contributed by atoms with van der Waals surface area (Å²) >= 11 is 6.16. The van der Waals surface area contributed by atoms with Gasteiger partial charge in [-0.3, -0.25) is 0 Å². The molecule has 0 saturated heterocycles. The molecule has 3 rings (SSSR count). The zero-order valence-corrected chi connectivity index (χ0v) is 22.0. The Labute approximate surface area is 217 Å². The van der Waals surface area contributed by atoms with E-state index in [9.17, 15) is 18.4 Å². The summed E-state index contributed by atoms with van der Waals surface area (Å²) in [6.45, 7) is 3.72. The molecule has 0 saturated carbocycles. The molecule has 11 heteroatoms. The van der Waals surface area contributed by atoms with Gasteiger partial charge in [0.1, 0.15) is 17.4 Å². The molecule has 0 unspecified atom stereocenters. The van der Waals surface area contributed by atoms with Crippen molar-refractivity contribution in [3.8, 4) is 6.07 Å². The van der Waals surface area contributed by atoms with Gasteiger partial charge in [0, 0.05) is 20.2 Å². The van der Waals surface area contributed by atoms with Crippen LogP contribution in [0.2, 0.25) is 0 Å². The number of unbranched alkanes of at least 4 members (excludes halogenated alkanes) is 1. The van der Waals surface area contributed by atoms with E-state index in [1.165, 1.54) is 11.6 Å².